The Bertz CT molecular complexity index is 432. The summed E-state index contributed by atoms with van der Waals surface area (Å²) in [5.74, 6) is 0.344. The highest BCUT2D eigenvalue weighted by Gasteiger charge is 2.25. The van der Waals surface area contributed by atoms with Crippen LogP contribution < -0.4 is 0 Å². The quantitative estimate of drug-likeness (QED) is 0.880. The Hall–Kier alpha value is -1.78. The van der Waals surface area contributed by atoms with Crippen LogP contribution in [0.5, 0.6) is 0 Å². The van der Waals surface area contributed by atoms with Crippen LogP contribution in [0.25, 0.3) is 0 Å². The predicted octanol–water partition coefficient (Wildman–Crippen LogP) is 0.884. The number of amides is 2. The molecule has 0 aliphatic carbocycles. The molecular weight excluding hydrogens is 242 g/mol. The van der Waals surface area contributed by atoms with E-state index < -0.39 is 0 Å². The first-order chi connectivity index (χ1) is 9.08. The van der Waals surface area contributed by atoms with Crippen LogP contribution in [-0.2, 0) is 16.0 Å². The van der Waals surface area contributed by atoms with E-state index in [1.165, 1.54) is 0 Å². The van der Waals surface area contributed by atoms with E-state index in [0.29, 0.717) is 32.6 Å². The highest BCUT2D eigenvalue weighted by atomic mass is 16.2. The van der Waals surface area contributed by atoms with Crippen LogP contribution >= 0.6 is 0 Å². The van der Waals surface area contributed by atoms with Gasteiger partial charge >= 0.3 is 0 Å². The third-order valence-electron chi connectivity index (χ3n) is 3.46. The third-order valence-corrected chi connectivity index (χ3v) is 3.46. The molecule has 1 fully saturated rings. The number of nitrogens with one attached hydrogen (secondary N) is 1. The fourth-order valence-electron chi connectivity index (χ4n) is 2.30. The van der Waals surface area contributed by atoms with Crippen LogP contribution in [0.15, 0.2) is 18.5 Å². The summed E-state index contributed by atoms with van der Waals surface area (Å²) in [5.41, 5.74) is 1.01. The molecule has 1 aliphatic heterocycles. The summed E-state index contributed by atoms with van der Waals surface area (Å²) in [6, 6.07) is 1.91. The Morgan fingerprint density at radius 2 is 1.84 bits per heavy atom. The number of nitrogens with zero attached hydrogens (tertiary/aromatic N) is 2. The molecule has 1 saturated heterocycles. The lowest BCUT2D eigenvalue weighted by Crippen LogP contribution is -2.51. The van der Waals surface area contributed by atoms with Gasteiger partial charge in [-0.05, 0) is 11.6 Å². The molecule has 0 saturated carbocycles. The smallest absolute Gasteiger partial charge is 0.227 e. The number of aromatic amines is 1. The van der Waals surface area contributed by atoms with Gasteiger partial charge in [0.1, 0.15) is 0 Å². The second kappa shape index (κ2) is 5.91. The van der Waals surface area contributed by atoms with Crippen molar-refractivity contribution in [3.05, 3.63) is 24.0 Å². The summed E-state index contributed by atoms with van der Waals surface area (Å²) < 4.78 is 0. The van der Waals surface area contributed by atoms with Crippen molar-refractivity contribution in [2.45, 2.75) is 20.3 Å². The van der Waals surface area contributed by atoms with Crippen molar-refractivity contribution in [1.82, 2.24) is 14.8 Å². The van der Waals surface area contributed by atoms with Gasteiger partial charge in [0.05, 0.1) is 6.42 Å². The lowest BCUT2D eigenvalue weighted by Gasteiger charge is -2.35. The molecule has 1 aromatic heterocycles. The maximum atomic E-state index is 12.1. The van der Waals surface area contributed by atoms with Gasteiger partial charge in [-0.1, -0.05) is 13.8 Å². The summed E-state index contributed by atoms with van der Waals surface area (Å²) >= 11 is 0. The minimum atomic E-state index is 0.0297. The molecule has 19 heavy (non-hydrogen) atoms. The lowest BCUT2D eigenvalue weighted by atomic mass is 10.1. The molecule has 0 atom stereocenters. The van der Waals surface area contributed by atoms with Gasteiger partial charge in [-0.25, -0.2) is 0 Å². The monoisotopic (exact) mass is 263 g/mol. The molecule has 2 amide bonds. The summed E-state index contributed by atoms with van der Waals surface area (Å²) in [4.78, 5) is 30.6. The number of piperazine rings is 1. The molecule has 104 valence electrons. The number of hydrogen-bond donors (Lipinski definition) is 1. The van der Waals surface area contributed by atoms with E-state index in [9.17, 15) is 9.59 Å². The first-order valence-electron chi connectivity index (χ1n) is 6.76. The minimum Gasteiger partial charge on any atom is -0.367 e. The van der Waals surface area contributed by atoms with Gasteiger partial charge in [0, 0.05) is 44.5 Å². The topological polar surface area (TPSA) is 56.4 Å². The van der Waals surface area contributed by atoms with Gasteiger partial charge in [0.15, 0.2) is 0 Å². The Balaban J connectivity index is 1.83. The Kier molecular flexibility index (Phi) is 4.24. The Morgan fingerprint density at radius 1 is 1.21 bits per heavy atom. The van der Waals surface area contributed by atoms with Gasteiger partial charge in [-0.3, -0.25) is 9.59 Å². The average Bonchev–Trinajstić information content (AvgIpc) is 2.90. The molecule has 0 spiro atoms. The van der Waals surface area contributed by atoms with Crippen molar-refractivity contribution in [1.29, 1.82) is 0 Å². The Labute approximate surface area is 113 Å². The standard InChI is InChI=1S/C14H21N3O2/c1-11(2)14(19)17-7-5-16(6-8-17)13(18)9-12-3-4-15-10-12/h3-4,10-11,15H,5-9H2,1-2H3. The highest BCUT2D eigenvalue weighted by molar-refractivity contribution is 5.80. The third kappa shape index (κ3) is 3.36. The molecule has 5 heteroatoms. The van der Waals surface area contributed by atoms with Gasteiger partial charge in [0.2, 0.25) is 11.8 Å². The molecule has 5 nitrogen and oxygen atoms in total. The van der Waals surface area contributed by atoms with E-state index in [1.807, 2.05) is 42.1 Å². The van der Waals surface area contributed by atoms with E-state index >= 15 is 0 Å². The number of H-pyrrole nitrogens is 1. The second-order valence-corrected chi connectivity index (χ2v) is 5.26. The molecule has 0 bridgehead atoms. The van der Waals surface area contributed by atoms with Crippen LogP contribution in [0.2, 0.25) is 0 Å². The van der Waals surface area contributed by atoms with Crippen LogP contribution in [-0.4, -0.2) is 52.8 Å². The Morgan fingerprint density at radius 3 is 2.37 bits per heavy atom. The van der Waals surface area contributed by atoms with Crippen LogP contribution in [0.1, 0.15) is 19.4 Å². The van der Waals surface area contributed by atoms with Crippen molar-refractivity contribution >= 4 is 11.8 Å². The highest BCUT2D eigenvalue weighted by Crippen LogP contribution is 2.09. The first-order valence-corrected chi connectivity index (χ1v) is 6.76. The van der Waals surface area contributed by atoms with Crippen molar-refractivity contribution in [2.24, 2.45) is 5.92 Å². The summed E-state index contributed by atoms with van der Waals surface area (Å²) in [7, 11) is 0. The average molecular weight is 263 g/mol. The summed E-state index contributed by atoms with van der Waals surface area (Å²) in [6.45, 7) is 6.40. The molecule has 1 aromatic rings. The van der Waals surface area contributed by atoms with E-state index in [2.05, 4.69) is 4.98 Å². The van der Waals surface area contributed by atoms with E-state index in [-0.39, 0.29) is 17.7 Å². The fraction of sp³-hybridized carbons (Fsp3) is 0.571. The summed E-state index contributed by atoms with van der Waals surface area (Å²) in [5, 5.41) is 0. The largest absolute Gasteiger partial charge is 0.367 e. The molecule has 0 unspecified atom stereocenters. The van der Waals surface area contributed by atoms with E-state index in [0.717, 1.165) is 5.56 Å². The fourth-order valence-corrected chi connectivity index (χ4v) is 2.30. The van der Waals surface area contributed by atoms with Crippen LogP contribution in [0.4, 0.5) is 0 Å². The zero-order valence-corrected chi connectivity index (χ0v) is 11.6. The van der Waals surface area contributed by atoms with Crippen molar-refractivity contribution in [3.8, 4) is 0 Å². The van der Waals surface area contributed by atoms with Crippen molar-refractivity contribution in [2.75, 3.05) is 26.2 Å². The zero-order valence-electron chi connectivity index (χ0n) is 11.6. The molecule has 1 aliphatic rings. The lowest BCUT2D eigenvalue weighted by molar-refractivity contribution is -0.141. The minimum absolute atomic E-state index is 0.0297. The zero-order chi connectivity index (χ0) is 13.8. The molecule has 0 aromatic carbocycles. The SMILES string of the molecule is CC(C)C(=O)N1CCN(C(=O)Cc2cc[nH]c2)CC1. The van der Waals surface area contributed by atoms with E-state index in [4.69, 9.17) is 0 Å². The molecule has 0 radical (unpaired) electrons. The van der Waals surface area contributed by atoms with Crippen molar-refractivity contribution in [3.63, 3.8) is 0 Å². The number of hydrogen-bond acceptors (Lipinski definition) is 2. The number of rotatable bonds is 3. The molecular formula is C14H21N3O2. The number of carbonyl (C=O) groups is 2. The van der Waals surface area contributed by atoms with Gasteiger partial charge in [-0.2, -0.15) is 0 Å². The van der Waals surface area contributed by atoms with E-state index in [1.54, 1.807) is 0 Å². The van der Waals surface area contributed by atoms with Crippen LogP contribution in [0, 0.1) is 5.92 Å². The number of aromatic nitrogens is 1. The maximum absolute atomic E-state index is 12.1. The normalized spacial score (nSPS) is 15.9. The molecule has 2 rings (SSSR count). The molecule has 2 heterocycles. The number of carbonyl (C=O) groups excluding carboxylic acids is 2. The summed E-state index contributed by atoms with van der Waals surface area (Å²) in [6.07, 6.45) is 4.10. The molecule has 1 N–H and O–H groups in total. The van der Waals surface area contributed by atoms with Crippen molar-refractivity contribution < 1.29 is 9.59 Å². The second-order valence-electron chi connectivity index (χ2n) is 5.26. The van der Waals surface area contributed by atoms with Gasteiger partial charge < -0.3 is 14.8 Å². The maximum Gasteiger partial charge on any atom is 0.227 e. The first kappa shape index (κ1) is 13.6. The van der Waals surface area contributed by atoms with Gasteiger partial charge in [-0.15, -0.1) is 0 Å². The van der Waals surface area contributed by atoms with Gasteiger partial charge in [0.25, 0.3) is 0 Å². The predicted molar refractivity (Wildman–Crippen MR) is 72.5 cm³/mol. The van der Waals surface area contributed by atoms with Crippen LogP contribution in [0.3, 0.4) is 0 Å².